The number of benzene rings is 1. The summed E-state index contributed by atoms with van der Waals surface area (Å²) in [6, 6.07) is 8.76. The molecular formula is C15H24O. The maximum atomic E-state index is 5.76. The van der Waals surface area contributed by atoms with Gasteiger partial charge in [0.05, 0.1) is 12.2 Å². The molecule has 0 aromatic heterocycles. The molecule has 0 bridgehead atoms. The van der Waals surface area contributed by atoms with Crippen LogP contribution in [0, 0.1) is 0 Å². The lowest BCUT2D eigenvalue weighted by molar-refractivity contribution is 0.0178. The fraction of sp³-hybridized carbons (Fsp3) is 0.600. The lowest BCUT2D eigenvalue weighted by Gasteiger charge is -2.21. The zero-order valence-corrected chi connectivity index (χ0v) is 11.4. The summed E-state index contributed by atoms with van der Waals surface area (Å²) in [6.45, 7) is 12.9. The molecule has 0 radical (unpaired) electrons. The second-order valence-electron chi connectivity index (χ2n) is 5.70. The molecule has 0 spiro atoms. The molecule has 16 heavy (non-hydrogen) atoms. The lowest BCUT2D eigenvalue weighted by atomic mass is 9.86. The fourth-order valence-electron chi connectivity index (χ4n) is 1.74. The van der Waals surface area contributed by atoms with Crippen molar-refractivity contribution in [2.24, 2.45) is 0 Å². The third-order valence-corrected chi connectivity index (χ3v) is 2.72. The average molecular weight is 220 g/mol. The fourth-order valence-corrected chi connectivity index (χ4v) is 1.74. The van der Waals surface area contributed by atoms with Crippen molar-refractivity contribution in [1.29, 1.82) is 0 Å². The van der Waals surface area contributed by atoms with Gasteiger partial charge in [0, 0.05) is 0 Å². The first kappa shape index (κ1) is 13.2. The van der Waals surface area contributed by atoms with Gasteiger partial charge in [-0.1, -0.05) is 45.0 Å². The Morgan fingerprint density at radius 2 is 1.44 bits per heavy atom. The van der Waals surface area contributed by atoms with Gasteiger partial charge in [0.1, 0.15) is 0 Å². The van der Waals surface area contributed by atoms with Crippen molar-refractivity contribution in [1.82, 2.24) is 0 Å². The average Bonchev–Trinajstić information content (AvgIpc) is 2.15. The Morgan fingerprint density at radius 1 is 0.938 bits per heavy atom. The standard InChI is InChI=1S/C15H24O/c1-11(2)16-12(3)13-7-9-14(10-8-13)15(4,5)6/h7-12H,1-6H3. The van der Waals surface area contributed by atoms with Crippen molar-refractivity contribution in [3.05, 3.63) is 35.4 Å². The van der Waals surface area contributed by atoms with Gasteiger partial charge in [-0.15, -0.1) is 0 Å². The molecule has 1 aromatic rings. The minimum Gasteiger partial charge on any atom is -0.371 e. The van der Waals surface area contributed by atoms with E-state index >= 15 is 0 Å². The topological polar surface area (TPSA) is 9.23 Å². The summed E-state index contributed by atoms with van der Waals surface area (Å²) in [7, 11) is 0. The number of hydrogen-bond acceptors (Lipinski definition) is 1. The smallest absolute Gasteiger partial charge is 0.0800 e. The Bertz CT molecular complexity index is 316. The molecule has 0 amide bonds. The summed E-state index contributed by atoms with van der Waals surface area (Å²) in [5, 5.41) is 0. The first-order valence-corrected chi connectivity index (χ1v) is 6.06. The summed E-state index contributed by atoms with van der Waals surface area (Å²) in [5.41, 5.74) is 2.84. The third-order valence-electron chi connectivity index (χ3n) is 2.72. The van der Waals surface area contributed by atoms with Crippen molar-refractivity contribution in [3.63, 3.8) is 0 Å². The van der Waals surface area contributed by atoms with Crippen molar-refractivity contribution in [2.45, 2.75) is 59.2 Å². The van der Waals surface area contributed by atoms with Gasteiger partial charge in [-0.2, -0.15) is 0 Å². The Labute approximate surface area is 99.8 Å². The number of hydrogen-bond donors (Lipinski definition) is 0. The van der Waals surface area contributed by atoms with E-state index in [1.807, 2.05) is 0 Å². The Hall–Kier alpha value is -0.820. The first-order valence-electron chi connectivity index (χ1n) is 6.06. The molecule has 1 atom stereocenters. The highest BCUT2D eigenvalue weighted by molar-refractivity contribution is 5.28. The van der Waals surface area contributed by atoms with E-state index in [1.54, 1.807) is 0 Å². The molecule has 0 aliphatic rings. The van der Waals surface area contributed by atoms with Gasteiger partial charge in [-0.25, -0.2) is 0 Å². The van der Waals surface area contributed by atoms with Crippen LogP contribution in [0.3, 0.4) is 0 Å². The molecule has 0 N–H and O–H groups in total. The van der Waals surface area contributed by atoms with Crippen LogP contribution in [0.1, 0.15) is 58.8 Å². The van der Waals surface area contributed by atoms with E-state index in [1.165, 1.54) is 11.1 Å². The lowest BCUT2D eigenvalue weighted by Crippen LogP contribution is -2.12. The quantitative estimate of drug-likeness (QED) is 0.730. The zero-order chi connectivity index (χ0) is 12.3. The molecular weight excluding hydrogens is 196 g/mol. The summed E-state index contributed by atoms with van der Waals surface area (Å²) >= 11 is 0. The molecule has 0 saturated carbocycles. The molecule has 1 rings (SSSR count). The van der Waals surface area contributed by atoms with Gasteiger partial charge in [0.25, 0.3) is 0 Å². The van der Waals surface area contributed by atoms with Crippen LogP contribution in [0.25, 0.3) is 0 Å². The zero-order valence-electron chi connectivity index (χ0n) is 11.4. The van der Waals surface area contributed by atoms with Crippen LogP contribution < -0.4 is 0 Å². The predicted octanol–water partition coefficient (Wildman–Crippen LogP) is 4.47. The normalized spacial score (nSPS) is 14.2. The highest BCUT2D eigenvalue weighted by atomic mass is 16.5. The summed E-state index contributed by atoms with van der Waals surface area (Å²) in [5.74, 6) is 0. The largest absolute Gasteiger partial charge is 0.371 e. The molecule has 1 aromatic carbocycles. The van der Waals surface area contributed by atoms with Crippen LogP contribution in [0.2, 0.25) is 0 Å². The van der Waals surface area contributed by atoms with Gasteiger partial charge >= 0.3 is 0 Å². The molecule has 1 heteroatoms. The van der Waals surface area contributed by atoms with Crippen LogP contribution >= 0.6 is 0 Å². The van der Waals surface area contributed by atoms with Crippen LogP contribution in [0.5, 0.6) is 0 Å². The van der Waals surface area contributed by atoms with E-state index in [9.17, 15) is 0 Å². The minimum absolute atomic E-state index is 0.175. The summed E-state index contributed by atoms with van der Waals surface area (Å²) < 4.78 is 5.76. The molecule has 0 fully saturated rings. The molecule has 0 aliphatic heterocycles. The van der Waals surface area contributed by atoms with E-state index < -0.39 is 0 Å². The maximum Gasteiger partial charge on any atom is 0.0800 e. The molecule has 0 aliphatic carbocycles. The van der Waals surface area contributed by atoms with Crippen molar-refractivity contribution in [2.75, 3.05) is 0 Å². The van der Waals surface area contributed by atoms with Crippen molar-refractivity contribution in [3.8, 4) is 0 Å². The summed E-state index contributed by atoms with van der Waals surface area (Å²) in [4.78, 5) is 0. The van der Waals surface area contributed by atoms with Crippen LogP contribution in [-0.2, 0) is 10.2 Å². The van der Waals surface area contributed by atoms with E-state index in [-0.39, 0.29) is 17.6 Å². The van der Waals surface area contributed by atoms with Crippen LogP contribution in [0.15, 0.2) is 24.3 Å². The van der Waals surface area contributed by atoms with E-state index in [4.69, 9.17) is 4.74 Å². The Morgan fingerprint density at radius 3 is 1.81 bits per heavy atom. The molecule has 90 valence electrons. The first-order chi connectivity index (χ1) is 7.30. The third kappa shape index (κ3) is 3.64. The molecule has 0 saturated heterocycles. The Balaban J connectivity index is 2.79. The number of rotatable bonds is 3. The number of ether oxygens (including phenoxy) is 1. The monoisotopic (exact) mass is 220 g/mol. The minimum atomic E-state index is 0.175. The molecule has 1 unspecified atom stereocenters. The van der Waals surface area contributed by atoms with Crippen LogP contribution in [-0.4, -0.2) is 6.10 Å². The van der Waals surface area contributed by atoms with Gasteiger partial charge in [-0.05, 0) is 37.3 Å². The van der Waals surface area contributed by atoms with Gasteiger partial charge < -0.3 is 4.74 Å². The second-order valence-corrected chi connectivity index (χ2v) is 5.70. The van der Waals surface area contributed by atoms with E-state index in [2.05, 4.69) is 65.8 Å². The van der Waals surface area contributed by atoms with Gasteiger partial charge in [0.2, 0.25) is 0 Å². The van der Waals surface area contributed by atoms with Gasteiger partial charge in [-0.3, -0.25) is 0 Å². The molecule has 0 heterocycles. The Kier molecular flexibility index (Phi) is 4.15. The van der Waals surface area contributed by atoms with Crippen LogP contribution in [0.4, 0.5) is 0 Å². The SMILES string of the molecule is CC(C)OC(C)c1ccc(C(C)(C)C)cc1. The van der Waals surface area contributed by atoms with Crippen molar-refractivity contribution < 1.29 is 4.74 Å². The van der Waals surface area contributed by atoms with E-state index in [0.29, 0.717) is 0 Å². The molecule has 1 nitrogen and oxygen atoms in total. The maximum absolute atomic E-state index is 5.76. The highest BCUT2D eigenvalue weighted by Crippen LogP contribution is 2.25. The predicted molar refractivity (Wildman–Crippen MR) is 69.8 cm³/mol. The van der Waals surface area contributed by atoms with Crippen molar-refractivity contribution >= 4 is 0 Å². The highest BCUT2D eigenvalue weighted by Gasteiger charge is 2.14. The summed E-state index contributed by atoms with van der Waals surface area (Å²) in [6.07, 6.45) is 0.450. The second kappa shape index (κ2) is 5.01. The van der Waals surface area contributed by atoms with E-state index in [0.717, 1.165) is 0 Å². The van der Waals surface area contributed by atoms with Gasteiger partial charge in [0.15, 0.2) is 0 Å².